The summed E-state index contributed by atoms with van der Waals surface area (Å²) in [6.07, 6.45) is 11.1. The molecule has 0 aliphatic heterocycles. The van der Waals surface area contributed by atoms with Crippen LogP contribution in [-0.2, 0) is 9.53 Å². The Kier molecular flexibility index (Phi) is 13.0. The van der Waals surface area contributed by atoms with Gasteiger partial charge in [0, 0.05) is 13.0 Å². The maximum absolute atomic E-state index is 10.4. The van der Waals surface area contributed by atoms with E-state index in [1.807, 2.05) is 0 Å². The summed E-state index contributed by atoms with van der Waals surface area (Å²) in [4.78, 5) is 10.4. The molecule has 0 radical (unpaired) electrons. The molecule has 20 heavy (non-hydrogen) atoms. The molecule has 3 nitrogen and oxygen atoms in total. The second-order valence-corrected chi connectivity index (χ2v) is 6.09. The normalized spacial score (nSPS) is 14.2. The third kappa shape index (κ3) is 13.9. The SMILES string of the molecule is CCCCCC(C)OCC(C)CCCCCCC(=O)O. The molecule has 2 atom stereocenters. The minimum Gasteiger partial charge on any atom is -0.481 e. The predicted octanol–water partition coefficient (Wildman–Crippen LogP) is 5.03. The van der Waals surface area contributed by atoms with Gasteiger partial charge in [-0.2, -0.15) is 0 Å². The standard InChI is InChI=1S/C17H34O3/c1-4-5-8-12-16(3)20-14-15(2)11-9-6-7-10-13-17(18)19/h15-16H,4-14H2,1-3H3,(H,18,19). The first kappa shape index (κ1) is 19.4. The fraction of sp³-hybridized carbons (Fsp3) is 0.941. The fourth-order valence-electron chi connectivity index (χ4n) is 2.30. The number of aliphatic carboxylic acids is 1. The van der Waals surface area contributed by atoms with E-state index in [9.17, 15) is 4.79 Å². The molecule has 2 unspecified atom stereocenters. The number of ether oxygens (including phenoxy) is 1. The van der Waals surface area contributed by atoms with Crippen LogP contribution in [0.4, 0.5) is 0 Å². The molecule has 0 aliphatic rings. The molecule has 0 saturated carbocycles. The monoisotopic (exact) mass is 286 g/mol. The van der Waals surface area contributed by atoms with Gasteiger partial charge in [0.05, 0.1) is 6.10 Å². The van der Waals surface area contributed by atoms with Gasteiger partial charge in [-0.25, -0.2) is 0 Å². The molecule has 0 aromatic heterocycles. The van der Waals surface area contributed by atoms with E-state index < -0.39 is 5.97 Å². The summed E-state index contributed by atoms with van der Waals surface area (Å²) in [5.74, 6) is -0.0630. The molecule has 0 aromatic rings. The van der Waals surface area contributed by atoms with E-state index >= 15 is 0 Å². The number of carbonyl (C=O) groups is 1. The first-order valence-electron chi connectivity index (χ1n) is 8.39. The Balaban J connectivity index is 3.35. The van der Waals surface area contributed by atoms with Crippen LogP contribution in [0.1, 0.15) is 85.0 Å². The van der Waals surface area contributed by atoms with Gasteiger partial charge in [0.1, 0.15) is 0 Å². The van der Waals surface area contributed by atoms with Crippen LogP contribution >= 0.6 is 0 Å². The summed E-state index contributed by atoms with van der Waals surface area (Å²) in [7, 11) is 0. The summed E-state index contributed by atoms with van der Waals surface area (Å²) in [6.45, 7) is 7.51. The molecule has 0 heterocycles. The van der Waals surface area contributed by atoms with Crippen molar-refractivity contribution in [1.29, 1.82) is 0 Å². The molecule has 0 amide bonds. The van der Waals surface area contributed by atoms with E-state index in [1.54, 1.807) is 0 Å². The zero-order valence-corrected chi connectivity index (χ0v) is 13.7. The Labute approximate surface area is 125 Å². The summed E-state index contributed by atoms with van der Waals surface area (Å²) in [5, 5.41) is 8.54. The van der Waals surface area contributed by atoms with Crippen molar-refractivity contribution in [2.24, 2.45) is 5.92 Å². The lowest BCUT2D eigenvalue weighted by Gasteiger charge is -2.17. The number of unbranched alkanes of at least 4 members (excludes halogenated alkanes) is 5. The lowest BCUT2D eigenvalue weighted by atomic mass is 10.0. The van der Waals surface area contributed by atoms with Crippen molar-refractivity contribution in [2.75, 3.05) is 6.61 Å². The van der Waals surface area contributed by atoms with Crippen LogP contribution in [0.5, 0.6) is 0 Å². The van der Waals surface area contributed by atoms with Gasteiger partial charge in [0.25, 0.3) is 0 Å². The minimum absolute atomic E-state index is 0.313. The summed E-state index contributed by atoms with van der Waals surface area (Å²) in [6, 6.07) is 0. The third-order valence-electron chi connectivity index (χ3n) is 3.72. The average molecular weight is 286 g/mol. The second kappa shape index (κ2) is 13.4. The van der Waals surface area contributed by atoms with Gasteiger partial charge in [-0.15, -0.1) is 0 Å². The topological polar surface area (TPSA) is 46.5 Å². The van der Waals surface area contributed by atoms with Crippen molar-refractivity contribution in [1.82, 2.24) is 0 Å². The maximum atomic E-state index is 10.4. The molecule has 0 aliphatic carbocycles. The zero-order valence-electron chi connectivity index (χ0n) is 13.7. The molecule has 1 N–H and O–H groups in total. The third-order valence-corrected chi connectivity index (χ3v) is 3.72. The largest absolute Gasteiger partial charge is 0.481 e. The molecule has 0 rings (SSSR count). The highest BCUT2D eigenvalue weighted by molar-refractivity contribution is 5.66. The predicted molar refractivity (Wildman–Crippen MR) is 84.1 cm³/mol. The van der Waals surface area contributed by atoms with Crippen LogP contribution in [0.15, 0.2) is 0 Å². The van der Waals surface area contributed by atoms with Crippen molar-refractivity contribution in [3.8, 4) is 0 Å². The van der Waals surface area contributed by atoms with Crippen molar-refractivity contribution in [3.05, 3.63) is 0 Å². The highest BCUT2D eigenvalue weighted by atomic mass is 16.5. The Hall–Kier alpha value is -0.570. The van der Waals surface area contributed by atoms with Gasteiger partial charge in [-0.05, 0) is 32.1 Å². The molecular weight excluding hydrogens is 252 g/mol. The molecule has 0 fully saturated rings. The lowest BCUT2D eigenvalue weighted by Crippen LogP contribution is -2.14. The van der Waals surface area contributed by atoms with Gasteiger partial charge in [0.15, 0.2) is 0 Å². The Morgan fingerprint density at radius 1 is 1.00 bits per heavy atom. The van der Waals surface area contributed by atoms with Crippen molar-refractivity contribution < 1.29 is 14.6 Å². The summed E-state index contributed by atoms with van der Waals surface area (Å²) in [5.41, 5.74) is 0. The van der Waals surface area contributed by atoms with E-state index in [4.69, 9.17) is 9.84 Å². The summed E-state index contributed by atoms with van der Waals surface area (Å²) >= 11 is 0. The van der Waals surface area contributed by atoms with E-state index in [0.717, 1.165) is 25.9 Å². The Morgan fingerprint density at radius 3 is 2.30 bits per heavy atom. The molecule has 0 aromatic carbocycles. The number of carboxylic acids is 1. The van der Waals surface area contributed by atoms with E-state index in [2.05, 4.69) is 20.8 Å². The zero-order chi connectivity index (χ0) is 15.2. The molecule has 120 valence electrons. The van der Waals surface area contributed by atoms with Crippen LogP contribution in [-0.4, -0.2) is 23.8 Å². The number of carboxylic acid groups (broad SMARTS) is 1. The fourth-order valence-corrected chi connectivity index (χ4v) is 2.30. The van der Waals surface area contributed by atoms with Crippen molar-refractivity contribution in [3.63, 3.8) is 0 Å². The van der Waals surface area contributed by atoms with E-state index in [1.165, 1.54) is 38.5 Å². The van der Waals surface area contributed by atoms with Gasteiger partial charge >= 0.3 is 5.97 Å². The Bertz CT molecular complexity index is 228. The second-order valence-electron chi connectivity index (χ2n) is 6.09. The highest BCUT2D eigenvalue weighted by Crippen LogP contribution is 2.14. The van der Waals surface area contributed by atoms with Crippen LogP contribution < -0.4 is 0 Å². The first-order valence-corrected chi connectivity index (χ1v) is 8.39. The Morgan fingerprint density at radius 2 is 1.65 bits per heavy atom. The van der Waals surface area contributed by atoms with Crippen LogP contribution in [0.25, 0.3) is 0 Å². The van der Waals surface area contributed by atoms with Crippen LogP contribution in [0.3, 0.4) is 0 Å². The van der Waals surface area contributed by atoms with E-state index in [-0.39, 0.29) is 0 Å². The van der Waals surface area contributed by atoms with Gasteiger partial charge < -0.3 is 9.84 Å². The maximum Gasteiger partial charge on any atom is 0.303 e. The van der Waals surface area contributed by atoms with Gasteiger partial charge in [0.2, 0.25) is 0 Å². The lowest BCUT2D eigenvalue weighted by molar-refractivity contribution is -0.137. The van der Waals surface area contributed by atoms with Crippen LogP contribution in [0.2, 0.25) is 0 Å². The smallest absolute Gasteiger partial charge is 0.303 e. The van der Waals surface area contributed by atoms with Crippen molar-refractivity contribution in [2.45, 2.75) is 91.1 Å². The van der Waals surface area contributed by atoms with Gasteiger partial charge in [-0.3, -0.25) is 4.79 Å². The minimum atomic E-state index is -0.677. The molecular formula is C17H34O3. The van der Waals surface area contributed by atoms with Gasteiger partial charge in [-0.1, -0.05) is 52.4 Å². The van der Waals surface area contributed by atoms with E-state index in [0.29, 0.717) is 18.4 Å². The van der Waals surface area contributed by atoms with Crippen molar-refractivity contribution >= 4 is 5.97 Å². The number of hydrogen-bond donors (Lipinski definition) is 1. The molecule has 3 heteroatoms. The molecule has 0 spiro atoms. The first-order chi connectivity index (χ1) is 9.56. The summed E-state index contributed by atoms with van der Waals surface area (Å²) < 4.78 is 5.88. The van der Waals surface area contributed by atoms with Crippen LogP contribution in [0, 0.1) is 5.92 Å². The molecule has 0 bridgehead atoms. The average Bonchev–Trinajstić information content (AvgIpc) is 2.40. The molecule has 0 saturated heterocycles. The number of hydrogen-bond acceptors (Lipinski definition) is 2. The quantitative estimate of drug-likeness (QED) is 0.455. The number of rotatable bonds is 14. The highest BCUT2D eigenvalue weighted by Gasteiger charge is 2.06.